The summed E-state index contributed by atoms with van der Waals surface area (Å²) in [4.78, 5) is 14.5. The molecule has 0 aromatic heterocycles. The van der Waals surface area contributed by atoms with Crippen LogP contribution in [0.5, 0.6) is 0 Å². The maximum atomic E-state index is 11.9. The van der Waals surface area contributed by atoms with Gasteiger partial charge in [-0.3, -0.25) is 9.69 Å². The standard InChI is InChI=1S/C19H30N2O/c1-4-17(20-19(22)15(2)3)13-18-11-8-12-21(18)14-16-9-6-5-7-10-16/h5-7,9-10,15,17-18H,4,8,11-14H2,1-3H3,(H,20,22). The van der Waals surface area contributed by atoms with Gasteiger partial charge in [0, 0.05) is 24.5 Å². The molecule has 3 nitrogen and oxygen atoms in total. The van der Waals surface area contributed by atoms with Gasteiger partial charge in [0.05, 0.1) is 0 Å². The molecule has 3 heteroatoms. The van der Waals surface area contributed by atoms with Crippen molar-refractivity contribution in [1.29, 1.82) is 0 Å². The molecule has 0 spiro atoms. The molecular formula is C19H30N2O. The van der Waals surface area contributed by atoms with Crippen LogP contribution in [0, 0.1) is 5.92 Å². The van der Waals surface area contributed by atoms with Gasteiger partial charge in [-0.25, -0.2) is 0 Å². The van der Waals surface area contributed by atoms with Crippen molar-refractivity contribution in [2.24, 2.45) is 5.92 Å². The summed E-state index contributed by atoms with van der Waals surface area (Å²) in [7, 11) is 0. The highest BCUT2D eigenvalue weighted by Gasteiger charge is 2.27. The quantitative estimate of drug-likeness (QED) is 0.835. The average molecular weight is 302 g/mol. The van der Waals surface area contributed by atoms with Crippen molar-refractivity contribution in [3.63, 3.8) is 0 Å². The second-order valence-corrected chi connectivity index (χ2v) is 6.76. The number of carbonyl (C=O) groups is 1. The number of rotatable bonds is 7. The van der Waals surface area contributed by atoms with Crippen molar-refractivity contribution in [3.05, 3.63) is 35.9 Å². The van der Waals surface area contributed by atoms with Crippen LogP contribution < -0.4 is 5.32 Å². The number of hydrogen-bond acceptors (Lipinski definition) is 2. The lowest BCUT2D eigenvalue weighted by Gasteiger charge is -2.28. The molecule has 0 aliphatic carbocycles. The third-order valence-corrected chi connectivity index (χ3v) is 4.65. The van der Waals surface area contributed by atoms with E-state index in [0.29, 0.717) is 12.1 Å². The summed E-state index contributed by atoms with van der Waals surface area (Å²) in [6.45, 7) is 8.29. The lowest BCUT2D eigenvalue weighted by Crippen LogP contribution is -2.41. The van der Waals surface area contributed by atoms with E-state index in [-0.39, 0.29) is 11.8 Å². The Kier molecular flexibility index (Phi) is 6.44. The second kappa shape index (κ2) is 8.33. The molecule has 1 saturated heterocycles. The Bertz CT molecular complexity index is 458. The van der Waals surface area contributed by atoms with Gasteiger partial charge in [0.15, 0.2) is 0 Å². The number of hydrogen-bond donors (Lipinski definition) is 1. The van der Waals surface area contributed by atoms with Crippen molar-refractivity contribution < 1.29 is 4.79 Å². The monoisotopic (exact) mass is 302 g/mol. The average Bonchev–Trinajstić information content (AvgIpc) is 2.94. The zero-order valence-electron chi connectivity index (χ0n) is 14.2. The summed E-state index contributed by atoms with van der Waals surface area (Å²) in [5.41, 5.74) is 1.38. The Morgan fingerprint density at radius 3 is 2.68 bits per heavy atom. The number of carbonyl (C=O) groups excluding carboxylic acids is 1. The molecule has 1 aromatic rings. The molecule has 1 amide bonds. The Hall–Kier alpha value is -1.35. The van der Waals surface area contributed by atoms with Gasteiger partial charge in [-0.2, -0.15) is 0 Å². The SMILES string of the molecule is CCC(CC1CCCN1Cc1ccccc1)NC(=O)C(C)C. The molecule has 1 heterocycles. The van der Waals surface area contributed by atoms with Gasteiger partial charge in [-0.1, -0.05) is 51.1 Å². The summed E-state index contributed by atoms with van der Waals surface area (Å²) in [5, 5.41) is 3.21. The van der Waals surface area contributed by atoms with Gasteiger partial charge in [0.2, 0.25) is 5.91 Å². The minimum absolute atomic E-state index is 0.0676. The summed E-state index contributed by atoms with van der Waals surface area (Å²) < 4.78 is 0. The molecule has 1 N–H and O–H groups in total. The predicted molar refractivity (Wildman–Crippen MR) is 91.6 cm³/mol. The Balaban J connectivity index is 1.90. The van der Waals surface area contributed by atoms with E-state index in [0.717, 1.165) is 19.4 Å². The van der Waals surface area contributed by atoms with E-state index in [2.05, 4.69) is 47.5 Å². The lowest BCUT2D eigenvalue weighted by molar-refractivity contribution is -0.124. The Morgan fingerprint density at radius 1 is 1.32 bits per heavy atom. The lowest BCUT2D eigenvalue weighted by atomic mass is 10.0. The first-order valence-electron chi connectivity index (χ1n) is 8.68. The summed E-state index contributed by atoms with van der Waals surface area (Å²) in [6, 6.07) is 11.6. The topological polar surface area (TPSA) is 32.3 Å². The molecule has 0 radical (unpaired) electrons. The predicted octanol–water partition coefficient (Wildman–Crippen LogP) is 3.59. The molecule has 122 valence electrons. The van der Waals surface area contributed by atoms with E-state index in [9.17, 15) is 4.79 Å². The molecule has 2 atom stereocenters. The van der Waals surface area contributed by atoms with Gasteiger partial charge in [-0.15, -0.1) is 0 Å². The maximum Gasteiger partial charge on any atom is 0.222 e. The molecule has 1 aliphatic rings. The fourth-order valence-corrected chi connectivity index (χ4v) is 3.21. The molecule has 2 unspecified atom stereocenters. The molecule has 0 bridgehead atoms. The molecule has 1 aliphatic heterocycles. The number of benzene rings is 1. The van der Waals surface area contributed by atoms with Crippen LogP contribution in [-0.4, -0.2) is 29.4 Å². The summed E-state index contributed by atoms with van der Waals surface area (Å²) >= 11 is 0. The van der Waals surface area contributed by atoms with Crippen LogP contribution in [-0.2, 0) is 11.3 Å². The second-order valence-electron chi connectivity index (χ2n) is 6.76. The van der Waals surface area contributed by atoms with Gasteiger partial charge in [-0.05, 0) is 37.8 Å². The molecule has 1 aromatic carbocycles. The minimum atomic E-state index is 0.0676. The number of likely N-dealkylation sites (tertiary alicyclic amines) is 1. The molecular weight excluding hydrogens is 272 g/mol. The third kappa shape index (κ3) is 4.84. The van der Waals surface area contributed by atoms with Gasteiger partial charge in [0.1, 0.15) is 0 Å². The van der Waals surface area contributed by atoms with E-state index >= 15 is 0 Å². The molecule has 2 rings (SSSR count). The van der Waals surface area contributed by atoms with Crippen LogP contribution in [0.25, 0.3) is 0 Å². The fraction of sp³-hybridized carbons (Fsp3) is 0.632. The first kappa shape index (κ1) is 17.0. The van der Waals surface area contributed by atoms with E-state index < -0.39 is 0 Å². The van der Waals surface area contributed by atoms with Crippen molar-refractivity contribution >= 4 is 5.91 Å². The van der Waals surface area contributed by atoms with Crippen LogP contribution in [0.3, 0.4) is 0 Å². The van der Waals surface area contributed by atoms with E-state index in [1.807, 2.05) is 13.8 Å². The van der Waals surface area contributed by atoms with Gasteiger partial charge >= 0.3 is 0 Å². The van der Waals surface area contributed by atoms with Gasteiger partial charge < -0.3 is 5.32 Å². The van der Waals surface area contributed by atoms with Crippen LogP contribution in [0.2, 0.25) is 0 Å². The van der Waals surface area contributed by atoms with Crippen molar-refractivity contribution in [2.75, 3.05) is 6.54 Å². The maximum absolute atomic E-state index is 11.9. The summed E-state index contributed by atoms with van der Waals surface area (Å²) in [6.07, 6.45) is 4.60. The zero-order valence-corrected chi connectivity index (χ0v) is 14.2. The molecule has 0 saturated carbocycles. The van der Waals surface area contributed by atoms with Crippen molar-refractivity contribution in [1.82, 2.24) is 10.2 Å². The Labute approximate surface area is 135 Å². The van der Waals surface area contributed by atoms with Gasteiger partial charge in [0.25, 0.3) is 0 Å². The largest absolute Gasteiger partial charge is 0.353 e. The van der Waals surface area contributed by atoms with E-state index in [1.54, 1.807) is 0 Å². The van der Waals surface area contributed by atoms with E-state index in [4.69, 9.17) is 0 Å². The van der Waals surface area contributed by atoms with Crippen LogP contribution >= 0.6 is 0 Å². The first-order chi connectivity index (χ1) is 10.6. The van der Waals surface area contributed by atoms with Crippen LogP contribution in [0.15, 0.2) is 30.3 Å². The number of nitrogens with zero attached hydrogens (tertiary/aromatic N) is 1. The van der Waals surface area contributed by atoms with Crippen molar-refractivity contribution in [3.8, 4) is 0 Å². The highest BCUT2D eigenvalue weighted by molar-refractivity contribution is 5.78. The molecule has 1 fully saturated rings. The first-order valence-corrected chi connectivity index (χ1v) is 8.68. The number of nitrogens with one attached hydrogen (secondary N) is 1. The third-order valence-electron chi connectivity index (χ3n) is 4.65. The Morgan fingerprint density at radius 2 is 2.05 bits per heavy atom. The molecule has 22 heavy (non-hydrogen) atoms. The minimum Gasteiger partial charge on any atom is -0.353 e. The van der Waals surface area contributed by atoms with Crippen molar-refractivity contribution in [2.45, 2.75) is 65.1 Å². The highest BCUT2D eigenvalue weighted by atomic mass is 16.1. The highest BCUT2D eigenvalue weighted by Crippen LogP contribution is 2.24. The number of amides is 1. The van der Waals surface area contributed by atoms with Crippen LogP contribution in [0.1, 0.15) is 52.0 Å². The smallest absolute Gasteiger partial charge is 0.222 e. The zero-order chi connectivity index (χ0) is 15.9. The van der Waals surface area contributed by atoms with Crippen LogP contribution in [0.4, 0.5) is 0 Å². The summed E-state index contributed by atoms with van der Waals surface area (Å²) in [5.74, 6) is 0.248. The normalized spacial score (nSPS) is 20.3. The fourth-order valence-electron chi connectivity index (χ4n) is 3.21. The van der Waals surface area contributed by atoms with E-state index in [1.165, 1.54) is 24.9 Å².